The number of ether oxygens (including phenoxy) is 1. The van der Waals surface area contributed by atoms with Crippen LogP contribution in [0.5, 0.6) is 17.2 Å². The summed E-state index contributed by atoms with van der Waals surface area (Å²) in [6, 6.07) is 0. The van der Waals surface area contributed by atoms with E-state index in [1.807, 2.05) is 6.92 Å². The maximum atomic E-state index is 10.3. The van der Waals surface area contributed by atoms with Crippen molar-refractivity contribution in [2.75, 3.05) is 6.61 Å². The summed E-state index contributed by atoms with van der Waals surface area (Å²) in [6.45, 7) is 8.91. The van der Waals surface area contributed by atoms with Crippen LogP contribution in [0.1, 0.15) is 70.1 Å². The highest BCUT2D eigenvalue weighted by Crippen LogP contribution is 2.44. The van der Waals surface area contributed by atoms with E-state index in [0.717, 1.165) is 42.4 Å². The first-order chi connectivity index (χ1) is 10.1. The van der Waals surface area contributed by atoms with Crippen LogP contribution in [-0.2, 0) is 19.3 Å². The Morgan fingerprint density at radius 3 is 1.86 bits per heavy atom. The average Bonchev–Trinajstić information content (AvgIpc) is 2.50. The highest BCUT2D eigenvalue weighted by molar-refractivity contribution is 5.62. The smallest absolute Gasteiger partial charge is 0.201 e. The predicted molar refractivity (Wildman–Crippen MR) is 87.5 cm³/mol. The fourth-order valence-electron chi connectivity index (χ4n) is 2.90. The normalized spacial score (nSPS) is 10.9. The number of benzene rings is 1. The summed E-state index contributed by atoms with van der Waals surface area (Å²) < 4.78 is 5.82. The average molecular weight is 294 g/mol. The topological polar surface area (TPSA) is 49.7 Å². The largest absolute Gasteiger partial charge is 0.504 e. The van der Waals surface area contributed by atoms with Crippen LogP contribution in [-0.4, -0.2) is 16.8 Å². The van der Waals surface area contributed by atoms with E-state index in [-0.39, 0.29) is 11.5 Å². The number of rotatable bonds is 9. The summed E-state index contributed by atoms with van der Waals surface area (Å²) in [6.07, 6.45) is 6.87. The summed E-state index contributed by atoms with van der Waals surface area (Å²) in [7, 11) is 0. The molecule has 0 bridgehead atoms. The third-order valence-electron chi connectivity index (χ3n) is 4.03. The van der Waals surface area contributed by atoms with Crippen LogP contribution in [0.2, 0.25) is 0 Å². The Kier molecular flexibility index (Phi) is 7.41. The maximum Gasteiger partial charge on any atom is 0.201 e. The Hall–Kier alpha value is -1.38. The molecule has 0 saturated carbocycles. The van der Waals surface area contributed by atoms with Crippen LogP contribution >= 0.6 is 0 Å². The second-order valence-corrected chi connectivity index (χ2v) is 5.43. The summed E-state index contributed by atoms with van der Waals surface area (Å²) in [5, 5.41) is 20.5. The summed E-state index contributed by atoms with van der Waals surface area (Å²) in [4.78, 5) is 0. The lowest BCUT2D eigenvalue weighted by Crippen LogP contribution is -2.06. The lowest BCUT2D eigenvalue weighted by Gasteiger charge is -2.20. The molecule has 21 heavy (non-hydrogen) atoms. The maximum absolute atomic E-state index is 10.3. The number of hydrogen-bond acceptors (Lipinski definition) is 3. The van der Waals surface area contributed by atoms with E-state index in [0.29, 0.717) is 18.8 Å². The Bertz CT molecular complexity index is 453. The molecule has 3 nitrogen and oxygen atoms in total. The van der Waals surface area contributed by atoms with Gasteiger partial charge in [0.05, 0.1) is 6.61 Å². The van der Waals surface area contributed by atoms with Crippen LogP contribution < -0.4 is 4.74 Å². The Balaban J connectivity index is 3.04. The third-order valence-corrected chi connectivity index (χ3v) is 4.03. The van der Waals surface area contributed by atoms with Gasteiger partial charge in [-0.15, -0.1) is 0 Å². The zero-order valence-electron chi connectivity index (χ0n) is 14.0. The zero-order chi connectivity index (χ0) is 15.8. The van der Waals surface area contributed by atoms with E-state index >= 15 is 0 Å². The molecule has 0 aliphatic carbocycles. The molecule has 0 atom stereocenters. The van der Waals surface area contributed by atoms with Gasteiger partial charge in [0.25, 0.3) is 0 Å². The number of aromatic hydroxyl groups is 2. The molecule has 1 aromatic carbocycles. The molecule has 1 aromatic rings. The summed E-state index contributed by atoms with van der Waals surface area (Å²) in [5.74, 6) is 0.395. The van der Waals surface area contributed by atoms with Gasteiger partial charge in [0.15, 0.2) is 11.5 Å². The molecule has 0 fully saturated rings. The summed E-state index contributed by atoms with van der Waals surface area (Å²) in [5.41, 5.74) is 3.02. The van der Waals surface area contributed by atoms with Crippen molar-refractivity contribution in [3.05, 3.63) is 16.7 Å². The number of unbranched alkanes of at least 4 members (excludes halogenated alkanes) is 3. The molecule has 0 radical (unpaired) electrons. The number of phenols is 2. The Labute approximate surface area is 129 Å². The van der Waals surface area contributed by atoms with Crippen LogP contribution in [0.3, 0.4) is 0 Å². The zero-order valence-corrected chi connectivity index (χ0v) is 14.0. The third kappa shape index (κ3) is 4.05. The molecule has 0 aliphatic rings. The van der Waals surface area contributed by atoms with Gasteiger partial charge in [-0.3, -0.25) is 0 Å². The summed E-state index contributed by atoms with van der Waals surface area (Å²) >= 11 is 0. The van der Waals surface area contributed by atoms with Crippen molar-refractivity contribution < 1.29 is 14.9 Å². The molecule has 0 saturated heterocycles. The molecule has 0 aliphatic heterocycles. The van der Waals surface area contributed by atoms with E-state index in [1.165, 1.54) is 12.8 Å². The molecule has 0 unspecified atom stereocenters. The van der Waals surface area contributed by atoms with E-state index in [9.17, 15) is 10.2 Å². The van der Waals surface area contributed by atoms with Crippen molar-refractivity contribution in [2.24, 2.45) is 0 Å². The standard InChI is InChI=1S/C18H30O3/c1-5-9-10-11-12-21-18-15(8-4)13(6-2)14(7-3)16(19)17(18)20/h19-20H,5-12H2,1-4H3. The second kappa shape index (κ2) is 8.81. The SMILES string of the molecule is CCCCCCOc1c(O)c(O)c(CC)c(CC)c1CC. The van der Waals surface area contributed by atoms with E-state index < -0.39 is 0 Å². The Morgan fingerprint density at radius 1 is 0.714 bits per heavy atom. The van der Waals surface area contributed by atoms with Crippen LogP contribution in [0, 0.1) is 0 Å². The van der Waals surface area contributed by atoms with Crippen LogP contribution in [0.15, 0.2) is 0 Å². The van der Waals surface area contributed by atoms with Gasteiger partial charge in [0, 0.05) is 11.1 Å². The van der Waals surface area contributed by atoms with Gasteiger partial charge in [0.2, 0.25) is 5.75 Å². The van der Waals surface area contributed by atoms with Crippen molar-refractivity contribution in [3.63, 3.8) is 0 Å². The monoisotopic (exact) mass is 294 g/mol. The molecule has 120 valence electrons. The molecule has 1 rings (SSSR count). The van der Waals surface area contributed by atoms with Gasteiger partial charge in [-0.05, 0) is 31.2 Å². The first kappa shape index (κ1) is 17.7. The van der Waals surface area contributed by atoms with E-state index in [2.05, 4.69) is 20.8 Å². The van der Waals surface area contributed by atoms with Gasteiger partial charge < -0.3 is 14.9 Å². The van der Waals surface area contributed by atoms with E-state index in [1.54, 1.807) is 0 Å². The molecule has 0 spiro atoms. The number of hydrogen-bond donors (Lipinski definition) is 2. The van der Waals surface area contributed by atoms with Crippen LogP contribution in [0.4, 0.5) is 0 Å². The van der Waals surface area contributed by atoms with Gasteiger partial charge >= 0.3 is 0 Å². The molecule has 3 heteroatoms. The number of phenolic OH excluding ortho intramolecular Hbond substituents is 2. The quantitative estimate of drug-likeness (QED) is 0.510. The van der Waals surface area contributed by atoms with Crippen molar-refractivity contribution in [1.82, 2.24) is 0 Å². The molecular formula is C18H30O3. The van der Waals surface area contributed by atoms with Crippen LogP contribution in [0.25, 0.3) is 0 Å². The Morgan fingerprint density at radius 2 is 1.33 bits per heavy atom. The van der Waals surface area contributed by atoms with Gasteiger partial charge in [-0.2, -0.15) is 0 Å². The highest BCUT2D eigenvalue weighted by atomic mass is 16.5. The van der Waals surface area contributed by atoms with Gasteiger partial charge in [0.1, 0.15) is 0 Å². The predicted octanol–water partition coefficient (Wildman–Crippen LogP) is 4.74. The molecule has 0 heterocycles. The first-order valence-electron chi connectivity index (χ1n) is 8.33. The van der Waals surface area contributed by atoms with E-state index in [4.69, 9.17) is 4.74 Å². The minimum absolute atomic E-state index is 0.00453. The van der Waals surface area contributed by atoms with Crippen molar-refractivity contribution >= 4 is 0 Å². The minimum Gasteiger partial charge on any atom is -0.504 e. The van der Waals surface area contributed by atoms with Gasteiger partial charge in [-0.25, -0.2) is 0 Å². The minimum atomic E-state index is -0.0867. The lowest BCUT2D eigenvalue weighted by molar-refractivity contribution is 0.279. The molecule has 0 amide bonds. The molecule has 0 aromatic heterocycles. The molecule has 2 N–H and O–H groups in total. The first-order valence-corrected chi connectivity index (χ1v) is 8.33. The second-order valence-electron chi connectivity index (χ2n) is 5.43. The lowest BCUT2D eigenvalue weighted by atomic mass is 9.93. The van der Waals surface area contributed by atoms with Gasteiger partial charge in [-0.1, -0.05) is 47.0 Å². The molecular weight excluding hydrogens is 264 g/mol. The van der Waals surface area contributed by atoms with Crippen molar-refractivity contribution in [1.29, 1.82) is 0 Å². The highest BCUT2D eigenvalue weighted by Gasteiger charge is 2.21. The fourth-order valence-corrected chi connectivity index (χ4v) is 2.90. The van der Waals surface area contributed by atoms with Crippen molar-refractivity contribution in [2.45, 2.75) is 72.6 Å². The van der Waals surface area contributed by atoms with Crippen molar-refractivity contribution in [3.8, 4) is 17.2 Å². The fraction of sp³-hybridized carbons (Fsp3) is 0.667.